The van der Waals surface area contributed by atoms with Crippen molar-refractivity contribution in [3.05, 3.63) is 70.0 Å². The Morgan fingerprint density at radius 1 is 1.10 bits per heavy atom. The molecule has 0 fully saturated rings. The summed E-state index contributed by atoms with van der Waals surface area (Å²) in [5.74, 6) is 0.0168. The number of fused-ring (bicyclic) bond motifs is 3. The summed E-state index contributed by atoms with van der Waals surface area (Å²) in [6, 6.07) is 11.0. The number of halogens is 2. The third kappa shape index (κ3) is 2.72. The molecule has 9 heteroatoms. The van der Waals surface area contributed by atoms with Gasteiger partial charge in [0.15, 0.2) is 0 Å². The first-order chi connectivity index (χ1) is 14.5. The summed E-state index contributed by atoms with van der Waals surface area (Å²) >= 11 is 6.42. The molecule has 5 aromatic rings. The second-order valence-corrected chi connectivity index (χ2v) is 7.53. The third-order valence-corrected chi connectivity index (χ3v) is 5.21. The molecule has 0 saturated carbocycles. The molecule has 0 saturated heterocycles. The number of rotatable bonds is 3. The predicted octanol–water partition coefficient (Wildman–Crippen LogP) is 4.74. The highest BCUT2D eigenvalue weighted by Crippen LogP contribution is 2.29. The zero-order chi connectivity index (χ0) is 21.0. The maximum Gasteiger partial charge on any atom is 0.278 e. The van der Waals surface area contributed by atoms with Crippen LogP contribution in [0.2, 0.25) is 5.02 Å². The van der Waals surface area contributed by atoms with Crippen LogP contribution in [0.15, 0.2) is 58.1 Å². The first kappa shape index (κ1) is 18.5. The van der Waals surface area contributed by atoms with Gasteiger partial charge in [-0.3, -0.25) is 9.20 Å². The van der Waals surface area contributed by atoms with Gasteiger partial charge in [0.05, 0.1) is 16.1 Å². The summed E-state index contributed by atoms with van der Waals surface area (Å²) in [5, 5.41) is 4.47. The van der Waals surface area contributed by atoms with Crippen LogP contribution in [0.4, 0.5) is 4.39 Å². The van der Waals surface area contributed by atoms with Crippen LogP contribution in [-0.4, -0.2) is 24.1 Å². The third-order valence-electron chi connectivity index (χ3n) is 4.90. The van der Waals surface area contributed by atoms with E-state index in [4.69, 9.17) is 16.1 Å². The molecule has 0 N–H and O–H groups in total. The van der Waals surface area contributed by atoms with E-state index in [0.29, 0.717) is 27.3 Å². The highest BCUT2D eigenvalue weighted by molar-refractivity contribution is 6.35. The molecule has 5 rings (SSSR count). The second kappa shape index (κ2) is 6.77. The van der Waals surface area contributed by atoms with Gasteiger partial charge in [-0.05, 0) is 50.2 Å². The molecular formula is C21H15ClFN5O2. The van der Waals surface area contributed by atoms with E-state index in [-0.39, 0.29) is 29.1 Å². The van der Waals surface area contributed by atoms with Crippen molar-refractivity contribution >= 4 is 28.2 Å². The fraction of sp³-hybridized carbons (Fsp3) is 0.143. The van der Waals surface area contributed by atoms with E-state index in [1.54, 1.807) is 33.5 Å². The summed E-state index contributed by atoms with van der Waals surface area (Å²) in [5.41, 5.74) is 2.31. The van der Waals surface area contributed by atoms with Crippen LogP contribution in [-0.2, 0) is 0 Å². The lowest BCUT2D eigenvalue weighted by Gasteiger charge is -2.16. The molecule has 7 nitrogen and oxygen atoms in total. The van der Waals surface area contributed by atoms with Gasteiger partial charge in [-0.15, -0.1) is 0 Å². The van der Waals surface area contributed by atoms with Crippen molar-refractivity contribution < 1.29 is 8.91 Å². The number of nitrogens with zero attached hydrogens (tertiary/aromatic N) is 5. The van der Waals surface area contributed by atoms with Gasteiger partial charge in [-0.2, -0.15) is 4.98 Å². The number of hydrogen-bond acceptors (Lipinski definition) is 5. The molecule has 0 atom stereocenters. The standard InChI is InChI=1S/C21H15ClFN5O2/c1-11(2)28-17-14(22)4-3-5-15(17)27-10-24-16(18(27)21(28)29)19-25-20(30-26-19)12-6-8-13(23)9-7-12/h3-11H,1-2H3. The summed E-state index contributed by atoms with van der Waals surface area (Å²) in [4.78, 5) is 22.2. The summed E-state index contributed by atoms with van der Waals surface area (Å²) in [7, 11) is 0. The second-order valence-electron chi connectivity index (χ2n) is 7.12. The van der Waals surface area contributed by atoms with Crippen LogP contribution in [0.1, 0.15) is 19.9 Å². The van der Waals surface area contributed by atoms with Gasteiger partial charge in [0.2, 0.25) is 5.82 Å². The van der Waals surface area contributed by atoms with Crippen molar-refractivity contribution in [3.63, 3.8) is 0 Å². The minimum Gasteiger partial charge on any atom is -0.334 e. The monoisotopic (exact) mass is 423 g/mol. The molecule has 3 heterocycles. The van der Waals surface area contributed by atoms with E-state index in [9.17, 15) is 9.18 Å². The molecule has 0 aliphatic heterocycles. The van der Waals surface area contributed by atoms with Gasteiger partial charge in [0, 0.05) is 11.6 Å². The molecule has 0 radical (unpaired) electrons. The highest BCUT2D eigenvalue weighted by atomic mass is 35.5. The fourth-order valence-electron chi connectivity index (χ4n) is 3.57. The smallest absolute Gasteiger partial charge is 0.278 e. The van der Waals surface area contributed by atoms with Crippen molar-refractivity contribution in [2.75, 3.05) is 0 Å². The Bertz CT molecular complexity index is 1470. The molecular weight excluding hydrogens is 409 g/mol. The predicted molar refractivity (Wildman–Crippen MR) is 111 cm³/mol. The Morgan fingerprint density at radius 3 is 2.60 bits per heavy atom. The molecule has 30 heavy (non-hydrogen) atoms. The Kier molecular flexibility index (Phi) is 4.18. The Hall–Kier alpha value is -3.52. The molecule has 3 aromatic heterocycles. The lowest BCUT2D eigenvalue weighted by atomic mass is 10.2. The van der Waals surface area contributed by atoms with E-state index in [0.717, 1.165) is 5.52 Å². The van der Waals surface area contributed by atoms with Crippen LogP contribution in [0.5, 0.6) is 0 Å². The Labute approximate surface area is 174 Å². The minimum atomic E-state index is -0.363. The lowest BCUT2D eigenvalue weighted by Crippen LogP contribution is -2.25. The van der Waals surface area contributed by atoms with Crippen LogP contribution in [0.25, 0.3) is 39.5 Å². The molecule has 0 aliphatic carbocycles. The summed E-state index contributed by atoms with van der Waals surface area (Å²) < 4.78 is 21.8. The van der Waals surface area contributed by atoms with Crippen molar-refractivity contribution in [1.29, 1.82) is 0 Å². The lowest BCUT2D eigenvalue weighted by molar-refractivity contribution is 0.432. The number of hydrogen-bond donors (Lipinski definition) is 0. The fourth-order valence-corrected chi connectivity index (χ4v) is 3.83. The van der Waals surface area contributed by atoms with Gasteiger partial charge in [0.1, 0.15) is 23.4 Å². The van der Waals surface area contributed by atoms with Crippen LogP contribution >= 0.6 is 11.6 Å². The van der Waals surface area contributed by atoms with Crippen molar-refractivity contribution in [1.82, 2.24) is 24.1 Å². The van der Waals surface area contributed by atoms with Crippen LogP contribution in [0, 0.1) is 5.82 Å². The van der Waals surface area contributed by atoms with Crippen LogP contribution in [0.3, 0.4) is 0 Å². The van der Waals surface area contributed by atoms with Gasteiger partial charge < -0.3 is 9.09 Å². The van der Waals surface area contributed by atoms with E-state index in [1.165, 1.54) is 12.1 Å². The first-order valence-electron chi connectivity index (χ1n) is 9.25. The average Bonchev–Trinajstić information content (AvgIpc) is 3.36. The van der Waals surface area contributed by atoms with Crippen molar-refractivity contribution in [3.8, 4) is 23.0 Å². The summed E-state index contributed by atoms with van der Waals surface area (Å²) in [6.07, 6.45) is 1.54. The number of para-hydroxylation sites is 1. The quantitative estimate of drug-likeness (QED) is 0.419. The zero-order valence-corrected chi connectivity index (χ0v) is 16.8. The molecule has 0 unspecified atom stereocenters. The molecule has 150 valence electrons. The van der Waals surface area contributed by atoms with Gasteiger partial charge in [0.25, 0.3) is 11.4 Å². The molecule has 0 spiro atoms. The topological polar surface area (TPSA) is 78.2 Å². The van der Waals surface area contributed by atoms with E-state index >= 15 is 0 Å². The number of aromatic nitrogens is 5. The van der Waals surface area contributed by atoms with E-state index in [1.807, 2.05) is 26.0 Å². The van der Waals surface area contributed by atoms with Crippen molar-refractivity contribution in [2.24, 2.45) is 0 Å². The van der Waals surface area contributed by atoms with E-state index in [2.05, 4.69) is 15.1 Å². The molecule has 0 aliphatic rings. The normalized spacial score (nSPS) is 11.8. The van der Waals surface area contributed by atoms with Crippen LogP contribution < -0.4 is 5.56 Å². The van der Waals surface area contributed by atoms with Crippen molar-refractivity contribution in [2.45, 2.75) is 19.9 Å². The van der Waals surface area contributed by atoms with Gasteiger partial charge in [-0.25, -0.2) is 9.37 Å². The van der Waals surface area contributed by atoms with E-state index < -0.39 is 0 Å². The molecule has 0 amide bonds. The average molecular weight is 424 g/mol. The highest BCUT2D eigenvalue weighted by Gasteiger charge is 2.22. The number of imidazole rings is 1. The Balaban J connectivity index is 1.77. The Morgan fingerprint density at radius 2 is 1.87 bits per heavy atom. The molecule has 0 bridgehead atoms. The minimum absolute atomic E-state index is 0.132. The molecule has 2 aromatic carbocycles. The number of benzene rings is 2. The largest absolute Gasteiger partial charge is 0.334 e. The SMILES string of the molecule is CC(C)n1c(=O)c2c(-c3noc(-c4ccc(F)cc4)n3)ncn2c2cccc(Cl)c21. The first-order valence-corrected chi connectivity index (χ1v) is 9.63. The maximum atomic E-state index is 13.4. The maximum absolute atomic E-state index is 13.4. The zero-order valence-electron chi connectivity index (χ0n) is 16.0. The van der Waals surface area contributed by atoms with Gasteiger partial charge >= 0.3 is 0 Å². The van der Waals surface area contributed by atoms with Gasteiger partial charge in [-0.1, -0.05) is 22.8 Å². The summed E-state index contributed by atoms with van der Waals surface area (Å²) in [6.45, 7) is 3.83.